The van der Waals surface area contributed by atoms with Crippen LogP contribution in [0.25, 0.3) is 5.78 Å². The van der Waals surface area contributed by atoms with E-state index < -0.39 is 45.7 Å². The van der Waals surface area contributed by atoms with Crippen molar-refractivity contribution in [3.8, 4) is 5.88 Å². The van der Waals surface area contributed by atoms with Gasteiger partial charge in [0, 0.05) is 6.07 Å². The van der Waals surface area contributed by atoms with Crippen LogP contribution < -0.4 is 9.46 Å². The second kappa shape index (κ2) is 7.95. The quantitative estimate of drug-likeness (QED) is 0.553. The van der Waals surface area contributed by atoms with Gasteiger partial charge in [-0.15, -0.1) is 5.10 Å². The summed E-state index contributed by atoms with van der Waals surface area (Å²) >= 11 is 0. The Kier molecular flexibility index (Phi) is 5.59. The van der Waals surface area contributed by atoms with Crippen LogP contribution in [0.1, 0.15) is 18.2 Å². The molecule has 0 atom stereocenters. The van der Waals surface area contributed by atoms with Gasteiger partial charge in [0.2, 0.25) is 5.88 Å². The molecular formula is C16H15F2N5O5S. The highest BCUT2D eigenvalue weighted by atomic mass is 32.2. The van der Waals surface area contributed by atoms with Crippen molar-refractivity contribution in [1.29, 1.82) is 0 Å². The second-order valence-electron chi connectivity index (χ2n) is 5.71. The Labute approximate surface area is 163 Å². The van der Waals surface area contributed by atoms with E-state index in [1.807, 2.05) is 4.72 Å². The third-order valence-corrected chi connectivity index (χ3v) is 4.79. The molecule has 0 saturated heterocycles. The minimum Gasteiger partial charge on any atom is -0.481 e. The van der Waals surface area contributed by atoms with Gasteiger partial charge in [-0.05, 0) is 18.6 Å². The van der Waals surface area contributed by atoms with E-state index in [0.717, 1.165) is 10.6 Å². The third-order valence-electron chi connectivity index (χ3n) is 3.66. The molecule has 2 aromatic heterocycles. The topological polar surface area (TPSA) is 136 Å². The van der Waals surface area contributed by atoms with Crippen molar-refractivity contribution in [2.24, 2.45) is 0 Å². The maximum Gasteiger partial charge on any atom is 0.307 e. The van der Waals surface area contributed by atoms with Crippen molar-refractivity contribution in [2.75, 3.05) is 11.3 Å². The van der Waals surface area contributed by atoms with Gasteiger partial charge in [0.15, 0.2) is 0 Å². The fraction of sp³-hybridized carbons (Fsp3) is 0.250. The fourth-order valence-corrected chi connectivity index (χ4v) is 3.46. The predicted molar refractivity (Wildman–Crippen MR) is 95.3 cm³/mol. The molecule has 1 aromatic carbocycles. The molecule has 0 bridgehead atoms. The Balaban J connectivity index is 2.06. The van der Waals surface area contributed by atoms with Gasteiger partial charge >= 0.3 is 5.97 Å². The Morgan fingerprint density at radius 1 is 1.34 bits per heavy atom. The number of carboxylic acid groups (broad SMARTS) is 1. The number of halogens is 2. The molecule has 0 aliphatic heterocycles. The standard InChI is InChI=1S/C16H15F2N5O5S/c1-2-28-12-7-10(8-17)19-15-20-16(21-23(12)15)29(26,27)22-14-9(6-13(24)25)4-3-5-11(14)18/h3-5,7,22H,2,6,8H2,1H3,(H,24,25). The van der Waals surface area contributed by atoms with E-state index in [4.69, 9.17) is 9.84 Å². The van der Waals surface area contributed by atoms with Crippen LogP contribution in [0.3, 0.4) is 0 Å². The highest BCUT2D eigenvalue weighted by Gasteiger charge is 2.25. The van der Waals surface area contributed by atoms with Crippen LogP contribution in [0.4, 0.5) is 14.5 Å². The first-order chi connectivity index (χ1) is 13.7. The fourth-order valence-electron chi connectivity index (χ4n) is 2.48. The Morgan fingerprint density at radius 2 is 2.10 bits per heavy atom. The first kappa shape index (κ1) is 20.4. The predicted octanol–water partition coefficient (Wildman–Crippen LogP) is 1.56. The molecule has 13 heteroatoms. The van der Waals surface area contributed by atoms with Gasteiger partial charge in [0.1, 0.15) is 12.5 Å². The summed E-state index contributed by atoms with van der Waals surface area (Å²) in [6.45, 7) is 0.927. The molecular weight excluding hydrogens is 412 g/mol. The molecule has 0 radical (unpaired) electrons. The molecule has 0 fully saturated rings. The number of anilines is 1. The molecule has 2 N–H and O–H groups in total. The summed E-state index contributed by atoms with van der Waals surface area (Å²) in [6.07, 6.45) is -0.607. The van der Waals surface area contributed by atoms with Crippen LogP contribution in [0.5, 0.6) is 5.88 Å². The van der Waals surface area contributed by atoms with E-state index in [1.165, 1.54) is 18.2 Å². The van der Waals surface area contributed by atoms with Crippen molar-refractivity contribution in [3.63, 3.8) is 0 Å². The molecule has 0 unspecified atom stereocenters. The first-order valence-corrected chi connectivity index (χ1v) is 9.71. The highest BCUT2D eigenvalue weighted by Crippen LogP contribution is 2.24. The number of benzene rings is 1. The molecule has 0 amide bonds. The van der Waals surface area contributed by atoms with E-state index in [9.17, 15) is 22.0 Å². The van der Waals surface area contributed by atoms with Gasteiger partial charge in [-0.3, -0.25) is 9.52 Å². The Morgan fingerprint density at radius 3 is 2.76 bits per heavy atom. The van der Waals surface area contributed by atoms with E-state index in [-0.39, 0.29) is 29.5 Å². The van der Waals surface area contributed by atoms with Gasteiger partial charge in [-0.2, -0.15) is 17.9 Å². The number of hydrogen-bond donors (Lipinski definition) is 2. The summed E-state index contributed by atoms with van der Waals surface area (Å²) < 4.78 is 60.8. The molecule has 0 saturated carbocycles. The summed E-state index contributed by atoms with van der Waals surface area (Å²) in [5.74, 6) is -2.45. The lowest BCUT2D eigenvalue weighted by Crippen LogP contribution is -2.18. The van der Waals surface area contributed by atoms with E-state index in [2.05, 4.69) is 15.1 Å². The average molecular weight is 427 g/mol. The summed E-state index contributed by atoms with van der Waals surface area (Å²) in [5, 5.41) is 12.0. The number of aromatic nitrogens is 4. The monoisotopic (exact) mass is 427 g/mol. The summed E-state index contributed by atoms with van der Waals surface area (Å²) in [5.41, 5.74) is -0.656. The lowest BCUT2D eigenvalue weighted by atomic mass is 10.1. The van der Waals surface area contributed by atoms with Crippen LogP contribution >= 0.6 is 0 Å². The number of carbonyl (C=O) groups is 1. The van der Waals surface area contributed by atoms with Crippen LogP contribution in [0.2, 0.25) is 0 Å². The number of nitrogens with one attached hydrogen (secondary N) is 1. The molecule has 3 aromatic rings. The number of rotatable bonds is 8. The number of alkyl halides is 1. The highest BCUT2D eigenvalue weighted by molar-refractivity contribution is 7.92. The number of ether oxygens (including phenoxy) is 1. The zero-order chi connectivity index (χ0) is 21.2. The van der Waals surface area contributed by atoms with Crippen LogP contribution in [0.15, 0.2) is 29.4 Å². The lowest BCUT2D eigenvalue weighted by Gasteiger charge is -2.10. The summed E-state index contributed by atoms with van der Waals surface area (Å²) in [4.78, 5) is 18.6. The Bertz CT molecular complexity index is 1180. The van der Waals surface area contributed by atoms with E-state index in [0.29, 0.717) is 0 Å². The molecule has 2 heterocycles. The van der Waals surface area contributed by atoms with Crippen LogP contribution in [0, 0.1) is 5.82 Å². The van der Waals surface area contributed by atoms with Crippen molar-refractivity contribution in [2.45, 2.75) is 25.2 Å². The molecule has 0 aliphatic carbocycles. The second-order valence-corrected chi connectivity index (χ2v) is 7.28. The number of aliphatic carboxylic acids is 1. The van der Waals surface area contributed by atoms with Crippen molar-refractivity contribution < 1.29 is 31.8 Å². The van der Waals surface area contributed by atoms with Gasteiger partial charge in [-0.25, -0.2) is 13.8 Å². The summed E-state index contributed by atoms with van der Waals surface area (Å²) in [7, 11) is -4.52. The zero-order valence-corrected chi connectivity index (χ0v) is 15.8. The van der Waals surface area contributed by atoms with Crippen molar-refractivity contribution >= 4 is 27.5 Å². The van der Waals surface area contributed by atoms with Gasteiger partial charge in [0.05, 0.1) is 24.4 Å². The van der Waals surface area contributed by atoms with E-state index in [1.54, 1.807) is 6.92 Å². The molecule has 29 heavy (non-hydrogen) atoms. The summed E-state index contributed by atoms with van der Waals surface area (Å²) in [6, 6.07) is 4.75. The zero-order valence-electron chi connectivity index (χ0n) is 15.0. The number of sulfonamides is 1. The van der Waals surface area contributed by atoms with Gasteiger partial charge in [-0.1, -0.05) is 12.1 Å². The molecule has 0 aliphatic rings. The Hall–Kier alpha value is -3.35. The number of fused-ring (bicyclic) bond motifs is 1. The number of para-hydroxylation sites is 1. The average Bonchev–Trinajstić information content (AvgIpc) is 3.10. The molecule has 0 spiro atoms. The maximum atomic E-state index is 14.2. The smallest absolute Gasteiger partial charge is 0.307 e. The number of nitrogens with zero attached hydrogens (tertiary/aromatic N) is 4. The van der Waals surface area contributed by atoms with Crippen LogP contribution in [-0.4, -0.2) is 45.7 Å². The van der Waals surface area contributed by atoms with Crippen molar-refractivity contribution in [1.82, 2.24) is 19.6 Å². The molecule has 3 rings (SSSR count). The van der Waals surface area contributed by atoms with Crippen molar-refractivity contribution in [3.05, 3.63) is 41.3 Å². The van der Waals surface area contributed by atoms with E-state index >= 15 is 0 Å². The van der Waals surface area contributed by atoms with Gasteiger partial charge in [0.25, 0.3) is 21.0 Å². The molecule has 10 nitrogen and oxygen atoms in total. The normalized spacial score (nSPS) is 11.6. The maximum absolute atomic E-state index is 14.2. The minimum atomic E-state index is -4.52. The lowest BCUT2D eigenvalue weighted by molar-refractivity contribution is -0.136. The first-order valence-electron chi connectivity index (χ1n) is 8.22. The van der Waals surface area contributed by atoms with Crippen LogP contribution in [-0.2, 0) is 27.9 Å². The number of hydrogen-bond acceptors (Lipinski definition) is 7. The largest absolute Gasteiger partial charge is 0.481 e. The minimum absolute atomic E-state index is 0.0246. The van der Waals surface area contributed by atoms with Gasteiger partial charge < -0.3 is 9.84 Å². The SMILES string of the molecule is CCOc1cc(CF)nc2nc(S(=O)(=O)Nc3c(F)cccc3CC(=O)O)nn12. The number of carboxylic acids is 1. The third kappa shape index (κ3) is 4.23. The molecule has 154 valence electrons.